The fourth-order valence-corrected chi connectivity index (χ4v) is 3.86. The number of carbonyl (C=O) groups excluding carboxylic acids is 1. The number of nitrogens with one attached hydrogen (secondary N) is 3. The molecule has 0 spiro atoms. The zero-order valence-electron chi connectivity index (χ0n) is 16.3. The minimum Gasteiger partial charge on any atom is -0.481 e. The Hall–Kier alpha value is 0.390. The SMILES string of the molecule is Cl.Cl.Cl.NCCCNCCCCNCCCNC(=O)CCSSCCC(=O)O. The van der Waals surface area contributed by atoms with Crippen LogP contribution in [-0.2, 0) is 9.59 Å². The fraction of sp³-hybridized carbons (Fsp3) is 0.875. The van der Waals surface area contributed by atoms with E-state index in [2.05, 4.69) is 16.0 Å². The molecule has 0 saturated carbocycles. The fourth-order valence-electron chi connectivity index (χ4n) is 1.89. The Kier molecular flexibility index (Phi) is 37.8. The molecule has 12 heteroatoms. The molecule has 0 heterocycles. The first-order valence-electron chi connectivity index (χ1n) is 9.01. The van der Waals surface area contributed by atoms with Crippen LogP contribution in [0.3, 0.4) is 0 Å². The second-order valence-electron chi connectivity index (χ2n) is 5.59. The van der Waals surface area contributed by atoms with Crippen molar-refractivity contribution in [3.8, 4) is 0 Å². The highest BCUT2D eigenvalue weighted by atomic mass is 35.5. The Bertz CT molecular complexity index is 350. The topological polar surface area (TPSA) is 116 Å². The van der Waals surface area contributed by atoms with Gasteiger partial charge in [-0.3, -0.25) is 9.59 Å². The van der Waals surface area contributed by atoms with E-state index in [1.54, 1.807) is 10.8 Å². The first-order valence-corrected chi connectivity index (χ1v) is 11.5. The molecular formula is C16H37Cl3N4O3S2. The average molecular weight is 504 g/mol. The van der Waals surface area contributed by atoms with E-state index in [9.17, 15) is 9.59 Å². The number of halogens is 3. The molecule has 0 rings (SSSR count). The van der Waals surface area contributed by atoms with E-state index in [0.29, 0.717) is 24.5 Å². The first kappa shape index (κ1) is 35.8. The number of carboxylic acid groups (broad SMARTS) is 1. The Balaban J connectivity index is -0.000000960. The number of carbonyl (C=O) groups is 2. The lowest BCUT2D eigenvalue weighted by molar-refractivity contribution is -0.136. The number of hydrogen-bond acceptors (Lipinski definition) is 7. The molecule has 0 fully saturated rings. The summed E-state index contributed by atoms with van der Waals surface area (Å²) in [5.74, 6) is 0.582. The van der Waals surface area contributed by atoms with Crippen molar-refractivity contribution in [1.82, 2.24) is 16.0 Å². The van der Waals surface area contributed by atoms with Gasteiger partial charge in [-0.2, -0.15) is 0 Å². The van der Waals surface area contributed by atoms with Gasteiger partial charge < -0.3 is 26.8 Å². The van der Waals surface area contributed by atoms with Crippen molar-refractivity contribution >= 4 is 70.7 Å². The van der Waals surface area contributed by atoms with Crippen LogP contribution >= 0.6 is 58.8 Å². The van der Waals surface area contributed by atoms with Gasteiger partial charge in [-0.05, 0) is 58.4 Å². The molecule has 0 radical (unpaired) electrons. The van der Waals surface area contributed by atoms with Crippen molar-refractivity contribution < 1.29 is 14.7 Å². The van der Waals surface area contributed by atoms with Gasteiger partial charge in [-0.25, -0.2) is 0 Å². The summed E-state index contributed by atoms with van der Waals surface area (Å²) in [6.07, 6.45) is 4.93. The van der Waals surface area contributed by atoms with E-state index < -0.39 is 5.97 Å². The van der Waals surface area contributed by atoms with E-state index in [1.807, 2.05) is 0 Å². The second kappa shape index (κ2) is 29.6. The maximum absolute atomic E-state index is 11.6. The van der Waals surface area contributed by atoms with Gasteiger partial charge in [0.15, 0.2) is 0 Å². The summed E-state index contributed by atoms with van der Waals surface area (Å²) in [5, 5.41) is 18.1. The highest BCUT2D eigenvalue weighted by Gasteiger charge is 2.02. The van der Waals surface area contributed by atoms with Gasteiger partial charge in [0, 0.05) is 24.5 Å². The predicted molar refractivity (Wildman–Crippen MR) is 130 cm³/mol. The monoisotopic (exact) mass is 502 g/mol. The largest absolute Gasteiger partial charge is 0.481 e. The van der Waals surface area contributed by atoms with Crippen molar-refractivity contribution in [2.24, 2.45) is 5.73 Å². The van der Waals surface area contributed by atoms with Crippen LogP contribution in [0.1, 0.15) is 38.5 Å². The molecule has 0 aromatic carbocycles. The minimum absolute atomic E-state index is 0. The number of nitrogens with two attached hydrogens (primary N) is 1. The van der Waals surface area contributed by atoms with Crippen LogP contribution in [0.4, 0.5) is 0 Å². The van der Waals surface area contributed by atoms with Crippen molar-refractivity contribution in [2.75, 3.05) is 50.8 Å². The number of unbranched alkanes of at least 4 members (excludes halogenated alkanes) is 1. The second-order valence-corrected chi connectivity index (χ2v) is 8.29. The van der Waals surface area contributed by atoms with Crippen LogP contribution in [0.2, 0.25) is 0 Å². The van der Waals surface area contributed by atoms with E-state index in [-0.39, 0.29) is 49.5 Å². The van der Waals surface area contributed by atoms with Gasteiger partial charge in [0.2, 0.25) is 5.91 Å². The van der Waals surface area contributed by atoms with Gasteiger partial charge in [-0.1, -0.05) is 21.6 Å². The molecule has 0 aliphatic rings. The van der Waals surface area contributed by atoms with Crippen molar-refractivity contribution in [3.63, 3.8) is 0 Å². The molecule has 0 aliphatic carbocycles. The van der Waals surface area contributed by atoms with Gasteiger partial charge in [0.05, 0.1) is 6.42 Å². The third-order valence-electron chi connectivity index (χ3n) is 3.26. The standard InChI is InChI=1S/C16H34N4O3S2.3ClH/c17-7-3-10-18-8-1-2-9-19-11-4-12-20-15(21)5-13-24-25-14-6-16(22)23;;;/h18-19H,1-14,17H2,(H,20,21)(H,22,23);3*1H. The Morgan fingerprint density at radius 2 is 1.25 bits per heavy atom. The summed E-state index contributed by atoms with van der Waals surface area (Å²) in [7, 11) is 3.06. The molecule has 172 valence electrons. The summed E-state index contributed by atoms with van der Waals surface area (Å²) in [6, 6.07) is 0. The number of aliphatic carboxylic acids is 1. The molecule has 0 bridgehead atoms. The number of carboxylic acids is 1. The quantitative estimate of drug-likeness (QED) is 0.135. The number of hydrogen-bond donors (Lipinski definition) is 5. The Morgan fingerprint density at radius 3 is 1.79 bits per heavy atom. The molecule has 0 aromatic heterocycles. The van der Waals surface area contributed by atoms with Crippen molar-refractivity contribution in [3.05, 3.63) is 0 Å². The summed E-state index contributed by atoms with van der Waals surface area (Å²) >= 11 is 0. The van der Waals surface area contributed by atoms with Crippen LogP contribution in [0, 0.1) is 0 Å². The lowest BCUT2D eigenvalue weighted by Gasteiger charge is -2.07. The lowest BCUT2D eigenvalue weighted by atomic mass is 10.3. The van der Waals surface area contributed by atoms with Gasteiger partial charge in [0.25, 0.3) is 0 Å². The van der Waals surface area contributed by atoms with Crippen molar-refractivity contribution in [2.45, 2.75) is 38.5 Å². The highest BCUT2D eigenvalue weighted by molar-refractivity contribution is 8.76. The molecule has 1 amide bonds. The molecule has 7 nitrogen and oxygen atoms in total. The summed E-state index contributed by atoms with van der Waals surface area (Å²) in [4.78, 5) is 21.9. The maximum atomic E-state index is 11.6. The molecule has 0 saturated heterocycles. The summed E-state index contributed by atoms with van der Waals surface area (Å²) < 4.78 is 0. The average Bonchev–Trinajstić information content (AvgIpc) is 2.58. The zero-order chi connectivity index (χ0) is 18.6. The zero-order valence-corrected chi connectivity index (χ0v) is 20.4. The van der Waals surface area contributed by atoms with Crippen LogP contribution in [0.25, 0.3) is 0 Å². The lowest BCUT2D eigenvalue weighted by Crippen LogP contribution is -2.28. The van der Waals surface area contributed by atoms with E-state index in [0.717, 1.165) is 58.4 Å². The van der Waals surface area contributed by atoms with Gasteiger partial charge >= 0.3 is 5.97 Å². The third-order valence-corrected chi connectivity index (χ3v) is 5.67. The van der Waals surface area contributed by atoms with Crippen molar-refractivity contribution in [1.29, 1.82) is 0 Å². The summed E-state index contributed by atoms with van der Waals surface area (Å²) in [5.41, 5.74) is 5.42. The molecule has 0 atom stereocenters. The normalized spacial score (nSPS) is 9.61. The van der Waals surface area contributed by atoms with Gasteiger partial charge in [-0.15, -0.1) is 37.2 Å². The number of rotatable bonds is 19. The summed E-state index contributed by atoms with van der Waals surface area (Å²) in [6.45, 7) is 5.42. The molecule has 28 heavy (non-hydrogen) atoms. The molecule has 0 aromatic rings. The minimum atomic E-state index is -0.779. The third kappa shape index (κ3) is 31.1. The maximum Gasteiger partial charge on any atom is 0.304 e. The van der Waals surface area contributed by atoms with E-state index in [1.165, 1.54) is 10.8 Å². The molecule has 0 aliphatic heterocycles. The first-order chi connectivity index (χ1) is 12.2. The Labute approximate surface area is 195 Å². The van der Waals surface area contributed by atoms with Gasteiger partial charge in [0.1, 0.15) is 0 Å². The molecule has 0 unspecified atom stereocenters. The predicted octanol–water partition coefficient (Wildman–Crippen LogP) is 2.31. The van der Waals surface area contributed by atoms with E-state index in [4.69, 9.17) is 10.8 Å². The molecule has 6 N–H and O–H groups in total. The highest BCUT2D eigenvalue weighted by Crippen LogP contribution is 2.22. The smallest absolute Gasteiger partial charge is 0.304 e. The van der Waals surface area contributed by atoms with Crippen LogP contribution < -0.4 is 21.7 Å². The number of amides is 1. The van der Waals surface area contributed by atoms with E-state index >= 15 is 0 Å². The van der Waals surface area contributed by atoms with Crippen LogP contribution in [0.5, 0.6) is 0 Å². The Morgan fingerprint density at radius 1 is 0.750 bits per heavy atom. The van der Waals surface area contributed by atoms with Crippen LogP contribution in [-0.4, -0.2) is 67.8 Å². The van der Waals surface area contributed by atoms with Crippen LogP contribution in [0.15, 0.2) is 0 Å². The molecular weight excluding hydrogens is 467 g/mol.